The first-order valence-electron chi connectivity index (χ1n) is 9.82. The van der Waals surface area contributed by atoms with Crippen LogP contribution in [0.1, 0.15) is 23.6 Å². The second-order valence-electron chi connectivity index (χ2n) is 7.21. The largest absolute Gasteiger partial charge is 0.271 e. The summed E-state index contributed by atoms with van der Waals surface area (Å²) in [7, 11) is -3.95. The molecule has 0 unspecified atom stereocenters. The fourth-order valence-electron chi connectivity index (χ4n) is 3.16. The summed E-state index contributed by atoms with van der Waals surface area (Å²) in [5.41, 5.74) is 6.19. The van der Waals surface area contributed by atoms with E-state index in [2.05, 4.69) is 10.5 Å². The van der Waals surface area contributed by atoms with E-state index in [0.717, 1.165) is 21.0 Å². The number of sulfonamides is 1. The molecule has 1 N–H and O–H groups in total. The third-order valence-electron chi connectivity index (χ3n) is 4.78. The number of nitrogens with one attached hydrogen (secondary N) is 1. The summed E-state index contributed by atoms with van der Waals surface area (Å²) in [4.78, 5) is 12.8. The summed E-state index contributed by atoms with van der Waals surface area (Å²) in [6.45, 7) is 5.14. The van der Waals surface area contributed by atoms with Crippen LogP contribution in [0.5, 0.6) is 0 Å². The second-order valence-corrected chi connectivity index (χ2v) is 9.08. The van der Waals surface area contributed by atoms with Crippen molar-refractivity contribution in [3.63, 3.8) is 0 Å². The van der Waals surface area contributed by atoms with Crippen molar-refractivity contribution in [1.82, 2.24) is 5.43 Å². The Kier molecular flexibility index (Phi) is 6.87. The Bertz CT molecular complexity index is 1190. The molecule has 0 aromatic heterocycles. The predicted molar refractivity (Wildman–Crippen MR) is 124 cm³/mol. The van der Waals surface area contributed by atoms with Crippen molar-refractivity contribution in [3.05, 3.63) is 95.6 Å². The van der Waals surface area contributed by atoms with Gasteiger partial charge in [-0.15, -0.1) is 0 Å². The fraction of sp³-hybridized carbons (Fsp3) is 0.167. The van der Waals surface area contributed by atoms with Gasteiger partial charge in [0.25, 0.3) is 15.9 Å². The van der Waals surface area contributed by atoms with E-state index < -0.39 is 22.5 Å². The first-order valence-corrected chi connectivity index (χ1v) is 11.3. The topological polar surface area (TPSA) is 78.8 Å². The number of hydrogen-bond acceptors (Lipinski definition) is 4. The Labute approximate surface area is 183 Å². The quantitative estimate of drug-likeness (QED) is 0.449. The molecule has 0 saturated heterocycles. The molecule has 160 valence electrons. The van der Waals surface area contributed by atoms with Crippen LogP contribution in [0.25, 0.3) is 0 Å². The van der Waals surface area contributed by atoms with Crippen LogP contribution >= 0.6 is 0 Å². The van der Waals surface area contributed by atoms with E-state index in [4.69, 9.17) is 0 Å². The molecule has 0 saturated carbocycles. The Morgan fingerprint density at radius 3 is 2.16 bits per heavy atom. The zero-order valence-corrected chi connectivity index (χ0v) is 18.6. The molecule has 6 nitrogen and oxygen atoms in total. The summed E-state index contributed by atoms with van der Waals surface area (Å²) >= 11 is 0. The molecule has 0 spiro atoms. The Hall–Kier alpha value is -3.45. The molecule has 0 radical (unpaired) electrons. The molecule has 31 heavy (non-hydrogen) atoms. The summed E-state index contributed by atoms with van der Waals surface area (Å²) in [5, 5.41) is 4.13. The van der Waals surface area contributed by atoms with Crippen molar-refractivity contribution in [2.45, 2.75) is 25.7 Å². The van der Waals surface area contributed by atoms with Crippen molar-refractivity contribution in [2.24, 2.45) is 5.10 Å². The zero-order chi connectivity index (χ0) is 22.4. The molecule has 3 aromatic rings. The molecule has 0 heterocycles. The van der Waals surface area contributed by atoms with Gasteiger partial charge >= 0.3 is 0 Å². The molecule has 3 rings (SSSR count). The number of aryl methyl sites for hydroxylation is 2. The van der Waals surface area contributed by atoms with Crippen molar-refractivity contribution in [1.29, 1.82) is 0 Å². The number of benzene rings is 3. The van der Waals surface area contributed by atoms with Gasteiger partial charge in [0.1, 0.15) is 6.54 Å². The molecule has 0 bridgehead atoms. The van der Waals surface area contributed by atoms with Crippen LogP contribution in [0.4, 0.5) is 5.69 Å². The van der Waals surface area contributed by atoms with Gasteiger partial charge in [-0.25, -0.2) is 13.8 Å². The molecule has 3 aromatic carbocycles. The number of hydrogen-bond donors (Lipinski definition) is 1. The highest BCUT2D eigenvalue weighted by Crippen LogP contribution is 2.27. The predicted octanol–water partition coefficient (Wildman–Crippen LogP) is 4.04. The van der Waals surface area contributed by atoms with Gasteiger partial charge in [0.2, 0.25) is 0 Å². The van der Waals surface area contributed by atoms with Crippen LogP contribution in [0.2, 0.25) is 0 Å². The van der Waals surface area contributed by atoms with Crippen LogP contribution in [-0.4, -0.2) is 26.6 Å². The zero-order valence-electron chi connectivity index (χ0n) is 17.7. The number of rotatable bonds is 7. The lowest BCUT2D eigenvalue weighted by Gasteiger charge is -2.25. The summed E-state index contributed by atoms with van der Waals surface area (Å²) in [6.07, 6.45) is 0. The van der Waals surface area contributed by atoms with Crippen LogP contribution in [-0.2, 0) is 14.8 Å². The van der Waals surface area contributed by atoms with E-state index in [0.29, 0.717) is 11.4 Å². The van der Waals surface area contributed by atoms with Gasteiger partial charge < -0.3 is 0 Å². The lowest BCUT2D eigenvalue weighted by molar-refractivity contribution is -0.119. The van der Waals surface area contributed by atoms with E-state index in [1.54, 1.807) is 31.2 Å². The molecule has 0 atom stereocenters. The maximum absolute atomic E-state index is 13.4. The summed E-state index contributed by atoms with van der Waals surface area (Å²) in [6, 6.07) is 22.9. The molecule has 0 aliphatic heterocycles. The summed E-state index contributed by atoms with van der Waals surface area (Å²) < 4.78 is 27.9. The number of nitrogens with zero attached hydrogens (tertiary/aromatic N) is 2. The number of carbonyl (C=O) groups excluding carboxylic acids is 1. The van der Waals surface area contributed by atoms with E-state index in [-0.39, 0.29) is 4.90 Å². The van der Waals surface area contributed by atoms with Gasteiger partial charge in [-0.05, 0) is 50.1 Å². The smallest absolute Gasteiger partial charge is 0.264 e. The van der Waals surface area contributed by atoms with Crippen molar-refractivity contribution >= 4 is 27.3 Å². The lowest BCUT2D eigenvalue weighted by atomic mass is 10.1. The van der Waals surface area contributed by atoms with Crippen LogP contribution in [0, 0.1) is 13.8 Å². The third-order valence-corrected chi connectivity index (χ3v) is 6.55. The Balaban J connectivity index is 1.91. The molecular weight excluding hydrogens is 410 g/mol. The van der Waals surface area contributed by atoms with Gasteiger partial charge in [0.15, 0.2) is 0 Å². The van der Waals surface area contributed by atoms with Gasteiger partial charge in [0.05, 0.1) is 16.3 Å². The third kappa shape index (κ3) is 5.38. The second kappa shape index (κ2) is 9.57. The molecule has 1 amide bonds. The number of carbonyl (C=O) groups is 1. The van der Waals surface area contributed by atoms with Crippen molar-refractivity contribution in [2.75, 3.05) is 10.8 Å². The Morgan fingerprint density at radius 1 is 0.935 bits per heavy atom. The minimum Gasteiger partial charge on any atom is -0.271 e. The average Bonchev–Trinajstić information content (AvgIpc) is 2.77. The highest BCUT2D eigenvalue weighted by atomic mass is 32.2. The molecule has 0 fully saturated rings. The van der Waals surface area contributed by atoms with Gasteiger partial charge in [-0.2, -0.15) is 5.10 Å². The monoisotopic (exact) mass is 435 g/mol. The number of amides is 1. The standard InChI is InChI=1S/C24H25N3O3S/c1-18-14-15-23(19(2)16-18)27(31(29,30)22-12-8-5-9-13-22)17-24(28)26-25-20(3)21-10-6-4-7-11-21/h4-16H,17H2,1-3H3,(H,26,28)/b25-20-. The number of hydrazone groups is 1. The highest BCUT2D eigenvalue weighted by molar-refractivity contribution is 7.92. The van der Waals surface area contributed by atoms with Gasteiger partial charge in [-0.1, -0.05) is 66.2 Å². The first-order chi connectivity index (χ1) is 14.8. The van der Waals surface area contributed by atoms with Gasteiger partial charge in [0, 0.05) is 0 Å². The van der Waals surface area contributed by atoms with E-state index in [1.807, 2.05) is 56.3 Å². The van der Waals surface area contributed by atoms with Crippen molar-refractivity contribution in [3.8, 4) is 0 Å². The fourth-order valence-corrected chi connectivity index (χ4v) is 4.67. The van der Waals surface area contributed by atoms with Gasteiger partial charge in [-0.3, -0.25) is 9.10 Å². The SMILES string of the molecule is C/C(=N/NC(=O)CN(c1ccc(C)cc1C)S(=O)(=O)c1ccccc1)c1ccccc1. The summed E-state index contributed by atoms with van der Waals surface area (Å²) in [5.74, 6) is -0.533. The number of anilines is 1. The molecular formula is C24H25N3O3S. The van der Waals surface area contributed by atoms with E-state index >= 15 is 0 Å². The Morgan fingerprint density at radius 2 is 1.55 bits per heavy atom. The normalized spacial score (nSPS) is 11.8. The minimum atomic E-state index is -3.95. The van der Waals surface area contributed by atoms with Crippen LogP contribution in [0.15, 0.2) is 88.9 Å². The lowest BCUT2D eigenvalue weighted by Crippen LogP contribution is -2.40. The molecule has 0 aliphatic carbocycles. The van der Waals surface area contributed by atoms with E-state index in [1.165, 1.54) is 12.1 Å². The maximum Gasteiger partial charge on any atom is 0.264 e. The first kappa shape index (κ1) is 22.2. The highest BCUT2D eigenvalue weighted by Gasteiger charge is 2.28. The molecule has 0 aliphatic rings. The van der Waals surface area contributed by atoms with Crippen LogP contribution < -0.4 is 9.73 Å². The molecule has 7 heteroatoms. The van der Waals surface area contributed by atoms with E-state index in [9.17, 15) is 13.2 Å². The maximum atomic E-state index is 13.4. The minimum absolute atomic E-state index is 0.117. The average molecular weight is 436 g/mol. The van der Waals surface area contributed by atoms with Crippen molar-refractivity contribution < 1.29 is 13.2 Å². The van der Waals surface area contributed by atoms with Crippen LogP contribution in [0.3, 0.4) is 0 Å².